The van der Waals surface area contributed by atoms with Crippen molar-refractivity contribution in [3.8, 4) is 0 Å². The maximum Gasteiger partial charge on any atom is 0.0470 e. The molecule has 94 valence electrons. The second-order valence-electron chi connectivity index (χ2n) is 5.05. The van der Waals surface area contributed by atoms with Gasteiger partial charge < -0.3 is 5.73 Å². The molecular weight excluding hydrogens is 276 g/mol. The molecule has 1 aliphatic rings. The molecule has 2 atom stereocenters. The minimum absolute atomic E-state index is 0.322. The van der Waals surface area contributed by atoms with Crippen molar-refractivity contribution in [1.29, 1.82) is 0 Å². The lowest BCUT2D eigenvalue weighted by molar-refractivity contribution is 0.171. The molecule has 1 saturated carbocycles. The number of halogens is 1. The third-order valence-corrected chi connectivity index (χ3v) is 4.39. The molecular formula is C14H21BrN2. The molecule has 0 aromatic heterocycles. The smallest absolute Gasteiger partial charge is 0.0470 e. The fraction of sp³-hybridized carbons (Fsp3) is 0.571. The second-order valence-corrected chi connectivity index (χ2v) is 5.97. The van der Waals surface area contributed by atoms with Gasteiger partial charge >= 0.3 is 0 Å². The molecule has 2 N–H and O–H groups in total. The van der Waals surface area contributed by atoms with Gasteiger partial charge in [-0.2, -0.15) is 0 Å². The van der Waals surface area contributed by atoms with Gasteiger partial charge in [-0.05, 0) is 50.4 Å². The quantitative estimate of drug-likeness (QED) is 0.904. The fourth-order valence-corrected chi connectivity index (χ4v) is 2.86. The van der Waals surface area contributed by atoms with Gasteiger partial charge in [0.2, 0.25) is 0 Å². The lowest BCUT2D eigenvalue weighted by Crippen LogP contribution is -2.38. The Hall–Kier alpha value is -0.380. The van der Waals surface area contributed by atoms with Gasteiger partial charge in [-0.1, -0.05) is 28.1 Å². The Kier molecular flexibility index (Phi) is 4.23. The van der Waals surface area contributed by atoms with Crippen molar-refractivity contribution < 1.29 is 0 Å². The van der Waals surface area contributed by atoms with Crippen molar-refractivity contribution in [2.24, 2.45) is 11.7 Å². The third kappa shape index (κ3) is 3.09. The van der Waals surface area contributed by atoms with Crippen LogP contribution in [0.2, 0.25) is 0 Å². The number of hydrogen-bond acceptors (Lipinski definition) is 2. The molecule has 0 aliphatic heterocycles. The zero-order valence-electron chi connectivity index (χ0n) is 10.6. The lowest BCUT2D eigenvalue weighted by atomic mass is 10.0. The van der Waals surface area contributed by atoms with E-state index >= 15 is 0 Å². The summed E-state index contributed by atoms with van der Waals surface area (Å²) in [5.41, 5.74) is 7.26. The van der Waals surface area contributed by atoms with Gasteiger partial charge in [-0.15, -0.1) is 0 Å². The van der Waals surface area contributed by atoms with E-state index in [9.17, 15) is 0 Å². The second kappa shape index (κ2) is 5.51. The van der Waals surface area contributed by atoms with Crippen LogP contribution in [0.4, 0.5) is 0 Å². The fourth-order valence-electron chi connectivity index (χ4n) is 2.45. The summed E-state index contributed by atoms with van der Waals surface area (Å²) in [6.07, 6.45) is 2.75. The SMILES string of the molecule is CC(C1CC1)N(C)C(CN)c1cccc(Br)c1. The molecule has 0 saturated heterocycles. The van der Waals surface area contributed by atoms with Gasteiger partial charge in [0.05, 0.1) is 0 Å². The van der Waals surface area contributed by atoms with Crippen molar-refractivity contribution in [3.05, 3.63) is 34.3 Å². The zero-order chi connectivity index (χ0) is 12.4. The molecule has 1 aromatic carbocycles. The van der Waals surface area contributed by atoms with Gasteiger partial charge in [-0.25, -0.2) is 0 Å². The minimum Gasteiger partial charge on any atom is -0.329 e. The standard InChI is InChI=1S/C14H21BrN2/c1-10(11-6-7-11)17(2)14(9-16)12-4-3-5-13(15)8-12/h3-5,8,10-11,14H,6-7,9,16H2,1-2H3. The molecule has 1 aromatic rings. The minimum atomic E-state index is 0.322. The Labute approximate surface area is 112 Å². The van der Waals surface area contributed by atoms with Crippen LogP contribution in [0.25, 0.3) is 0 Å². The number of hydrogen-bond donors (Lipinski definition) is 1. The Morgan fingerprint density at radius 2 is 2.18 bits per heavy atom. The lowest BCUT2D eigenvalue weighted by Gasteiger charge is -2.33. The highest BCUT2D eigenvalue weighted by atomic mass is 79.9. The summed E-state index contributed by atoms with van der Waals surface area (Å²) < 4.78 is 1.13. The van der Waals surface area contributed by atoms with Crippen molar-refractivity contribution in [3.63, 3.8) is 0 Å². The first-order valence-corrected chi connectivity index (χ1v) is 7.10. The normalized spacial score (nSPS) is 19.4. The first kappa shape index (κ1) is 13.1. The first-order chi connectivity index (χ1) is 8.13. The molecule has 3 heteroatoms. The Balaban J connectivity index is 2.14. The highest BCUT2D eigenvalue weighted by Gasteiger charge is 2.33. The Morgan fingerprint density at radius 3 is 2.71 bits per heavy atom. The molecule has 2 unspecified atom stereocenters. The highest BCUT2D eigenvalue weighted by molar-refractivity contribution is 9.10. The van der Waals surface area contributed by atoms with E-state index in [1.807, 2.05) is 0 Å². The van der Waals surface area contributed by atoms with Crippen LogP contribution in [0.5, 0.6) is 0 Å². The molecule has 1 fully saturated rings. The van der Waals surface area contributed by atoms with Gasteiger partial charge in [0.1, 0.15) is 0 Å². The Morgan fingerprint density at radius 1 is 1.47 bits per heavy atom. The zero-order valence-corrected chi connectivity index (χ0v) is 12.2. The first-order valence-electron chi connectivity index (χ1n) is 6.31. The maximum atomic E-state index is 5.96. The van der Waals surface area contributed by atoms with Crippen molar-refractivity contribution in [2.45, 2.75) is 31.8 Å². The monoisotopic (exact) mass is 296 g/mol. The van der Waals surface area contributed by atoms with Crippen LogP contribution in [0.1, 0.15) is 31.4 Å². The van der Waals surface area contributed by atoms with Gasteiger partial charge in [0.15, 0.2) is 0 Å². The van der Waals surface area contributed by atoms with Crippen LogP contribution in [0.15, 0.2) is 28.7 Å². The van der Waals surface area contributed by atoms with E-state index < -0.39 is 0 Å². The number of benzene rings is 1. The molecule has 0 spiro atoms. The van der Waals surface area contributed by atoms with E-state index in [2.05, 4.69) is 59.1 Å². The van der Waals surface area contributed by atoms with Crippen LogP contribution in [-0.4, -0.2) is 24.5 Å². The molecule has 0 heterocycles. The summed E-state index contributed by atoms with van der Waals surface area (Å²) in [4.78, 5) is 2.43. The number of nitrogens with two attached hydrogens (primary N) is 1. The summed E-state index contributed by atoms with van der Waals surface area (Å²) in [6.45, 7) is 2.99. The van der Waals surface area contributed by atoms with Crippen LogP contribution >= 0.6 is 15.9 Å². The summed E-state index contributed by atoms with van der Waals surface area (Å²) in [5, 5.41) is 0. The average Bonchev–Trinajstić information content (AvgIpc) is 3.13. The van der Waals surface area contributed by atoms with Crippen LogP contribution < -0.4 is 5.73 Å². The highest BCUT2D eigenvalue weighted by Crippen LogP contribution is 2.37. The topological polar surface area (TPSA) is 29.3 Å². The van der Waals surface area contributed by atoms with E-state index in [0.29, 0.717) is 18.6 Å². The van der Waals surface area contributed by atoms with Crippen LogP contribution in [0.3, 0.4) is 0 Å². The van der Waals surface area contributed by atoms with Crippen LogP contribution in [0, 0.1) is 5.92 Å². The van der Waals surface area contributed by atoms with E-state index in [1.165, 1.54) is 18.4 Å². The average molecular weight is 297 g/mol. The van der Waals surface area contributed by atoms with E-state index in [-0.39, 0.29) is 0 Å². The third-order valence-electron chi connectivity index (χ3n) is 3.89. The molecule has 2 rings (SSSR count). The van der Waals surface area contributed by atoms with Crippen molar-refractivity contribution in [2.75, 3.05) is 13.6 Å². The predicted octanol–water partition coefficient (Wildman–Crippen LogP) is 3.18. The molecule has 1 aliphatic carbocycles. The summed E-state index contributed by atoms with van der Waals surface area (Å²) >= 11 is 3.53. The van der Waals surface area contributed by atoms with Crippen molar-refractivity contribution in [1.82, 2.24) is 4.90 Å². The molecule has 2 nitrogen and oxygen atoms in total. The van der Waals surface area contributed by atoms with E-state index in [4.69, 9.17) is 5.73 Å². The van der Waals surface area contributed by atoms with E-state index in [1.54, 1.807) is 0 Å². The predicted molar refractivity (Wildman–Crippen MR) is 75.9 cm³/mol. The van der Waals surface area contributed by atoms with Gasteiger partial charge in [0, 0.05) is 23.1 Å². The van der Waals surface area contributed by atoms with Crippen LogP contribution in [-0.2, 0) is 0 Å². The summed E-state index contributed by atoms with van der Waals surface area (Å²) in [7, 11) is 2.20. The number of rotatable bonds is 5. The molecule has 0 bridgehead atoms. The largest absolute Gasteiger partial charge is 0.329 e. The number of nitrogens with zero attached hydrogens (tertiary/aromatic N) is 1. The van der Waals surface area contributed by atoms with Crippen molar-refractivity contribution >= 4 is 15.9 Å². The van der Waals surface area contributed by atoms with E-state index in [0.717, 1.165) is 10.4 Å². The van der Waals surface area contributed by atoms with Gasteiger partial charge in [-0.3, -0.25) is 4.90 Å². The maximum absolute atomic E-state index is 5.96. The van der Waals surface area contributed by atoms with Gasteiger partial charge in [0.25, 0.3) is 0 Å². The summed E-state index contributed by atoms with van der Waals surface area (Å²) in [5.74, 6) is 0.876. The molecule has 17 heavy (non-hydrogen) atoms. The summed E-state index contributed by atoms with van der Waals surface area (Å²) in [6, 6.07) is 9.43. The Bertz CT molecular complexity index is 376. The molecule has 0 amide bonds. The number of likely N-dealkylation sites (N-methyl/N-ethyl adjacent to an activating group) is 1. The molecule has 0 radical (unpaired) electrons.